The van der Waals surface area contributed by atoms with Crippen molar-refractivity contribution in [2.75, 3.05) is 5.43 Å². The van der Waals surface area contributed by atoms with Gasteiger partial charge >= 0.3 is 11.7 Å². The van der Waals surface area contributed by atoms with Gasteiger partial charge in [0.2, 0.25) is 0 Å². The quantitative estimate of drug-likeness (QED) is 0.191. The molecule has 3 unspecified atom stereocenters. The van der Waals surface area contributed by atoms with Crippen molar-refractivity contribution < 1.29 is 30.0 Å². The molecule has 1 aromatic rings. The molecule has 12 nitrogen and oxygen atoms in total. The number of aliphatic carboxylic acids is 1. The summed E-state index contributed by atoms with van der Waals surface area (Å²) in [6.07, 6.45) is 7.25. The molecule has 0 saturated heterocycles. The van der Waals surface area contributed by atoms with Crippen LogP contribution in [-0.4, -0.2) is 42.8 Å². The zero-order valence-corrected chi connectivity index (χ0v) is 24.4. The lowest BCUT2D eigenvalue weighted by molar-refractivity contribution is -0.393. The van der Waals surface area contributed by atoms with Gasteiger partial charge in [0, 0.05) is 30.5 Å². The van der Waals surface area contributed by atoms with Crippen molar-refractivity contribution in [2.24, 2.45) is 40.4 Å². The Morgan fingerprint density at radius 1 is 1.12 bits per heavy atom. The molecule has 4 fully saturated rings. The molecule has 0 aromatic heterocycles. The molecule has 1 aromatic carbocycles. The maximum atomic E-state index is 12.4. The zero-order valence-electron chi connectivity index (χ0n) is 24.4. The molecule has 0 aliphatic heterocycles. The summed E-state index contributed by atoms with van der Waals surface area (Å²) >= 11 is 0. The monoisotopic (exact) mass is 586 g/mol. The molecule has 4 saturated carbocycles. The summed E-state index contributed by atoms with van der Waals surface area (Å²) in [6.45, 7) is 6.62. The smallest absolute Gasteiger partial charge is 0.303 e. The third-order valence-electron chi connectivity index (χ3n) is 11.8. The van der Waals surface area contributed by atoms with Crippen molar-refractivity contribution in [1.82, 2.24) is 5.43 Å². The van der Waals surface area contributed by atoms with E-state index in [-0.39, 0.29) is 53.3 Å². The van der Waals surface area contributed by atoms with Crippen LogP contribution >= 0.6 is 0 Å². The Morgan fingerprint density at radius 2 is 1.86 bits per heavy atom. The molecular weight excluding hydrogens is 544 g/mol. The Balaban J connectivity index is 1.48. The first-order valence-corrected chi connectivity index (χ1v) is 15.0. The average molecular weight is 587 g/mol. The van der Waals surface area contributed by atoms with Crippen LogP contribution in [0.15, 0.2) is 30.0 Å². The van der Waals surface area contributed by atoms with Crippen molar-refractivity contribution >= 4 is 23.0 Å². The van der Waals surface area contributed by atoms with Crippen LogP contribution in [0.5, 0.6) is 0 Å². The molecule has 0 amide bonds. The summed E-state index contributed by atoms with van der Waals surface area (Å²) < 4.78 is 0. The molecule has 230 valence electrons. The molecule has 0 bridgehead atoms. The highest BCUT2D eigenvalue weighted by Crippen LogP contribution is 2.73. The number of aliphatic hydroxyl groups is 2. The molecule has 4 aliphatic carbocycles. The molecule has 12 heteroatoms. The Kier molecular flexibility index (Phi) is 7.76. The van der Waals surface area contributed by atoms with Gasteiger partial charge in [-0.15, -0.1) is 0 Å². The summed E-state index contributed by atoms with van der Waals surface area (Å²) in [4.78, 5) is 32.7. The number of rotatable bonds is 9. The van der Waals surface area contributed by atoms with Crippen LogP contribution in [0.1, 0.15) is 78.6 Å². The van der Waals surface area contributed by atoms with E-state index >= 15 is 0 Å². The van der Waals surface area contributed by atoms with E-state index in [0.717, 1.165) is 37.3 Å². The highest BCUT2D eigenvalue weighted by Gasteiger charge is 2.70. The number of aliphatic hydroxyl groups excluding tert-OH is 1. The topological polar surface area (TPSA) is 188 Å². The molecule has 0 spiro atoms. The number of anilines is 1. The molecule has 4 aliphatic rings. The predicted molar refractivity (Wildman–Crippen MR) is 154 cm³/mol. The van der Waals surface area contributed by atoms with Gasteiger partial charge in [0.15, 0.2) is 0 Å². The van der Waals surface area contributed by atoms with Gasteiger partial charge in [-0.25, -0.2) is 0 Å². The maximum absolute atomic E-state index is 12.4. The number of nitrogens with one attached hydrogen (secondary N) is 2. The van der Waals surface area contributed by atoms with E-state index in [1.807, 2.05) is 0 Å². The van der Waals surface area contributed by atoms with Crippen molar-refractivity contribution in [1.29, 1.82) is 0 Å². The first-order chi connectivity index (χ1) is 19.7. The number of nitro groups is 2. The minimum Gasteiger partial charge on any atom is -0.481 e. The number of carbonyl (C=O) groups is 1. The molecule has 9 atom stereocenters. The third-order valence-corrected chi connectivity index (χ3v) is 11.8. The van der Waals surface area contributed by atoms with Gasteiger partial charge < -0.3 is 20.7 Å². The lowest BCUT2D eigenvalue weighted by Crippen LogP contribution is -2.52. The lowest BCUT2D eigenvalue weighted by atomic mass is 9.53. The molecule has 0 radical (unpaired) electrons. The van der Waals surface area contributed by atoms with Crippen LogP contribution in [0.3, 0.4) is 0 Å². The fourth-order valence-corrected chi connectivity index (χ4v) is 9.68. The van der Waals surface area contributed by atoms with E-state index < -0.39 is 38.6 Å². The fraction of sp³-hybridized carbons (Fsp3) is 0.700. The van der Waals surface area contributed by atoms with Crippen LogP contribution in [0, 0.1) is 60.6 Å². The second-order valence-electron chi connectivity index (χ2n) is 13.6. The molecule has 0 heterocycles. The summed E-state index contributed by atoms with van der Waals surface area (Å²) in [6, 6.07) is 3.37. The van der Waals surface area contributed by atoms with E-state index in [1.54, 1.807) is 6.20 Å². The van der Waals surface area contributed by atoms with E-state index in [4.69, 9.17) is 0 Å². The maximum Gasteiger partial charge on any atom is 0.303 e. The Bertz CT molecular complexity index is 1300. The van der Waals surface area contributed by atoms with Crippen molar-refractivity contribution in [3.05, 3.63) is 50.2 Å². The van der Waals surface area contributed by atoms with Gasteiger partial charge in [0.05, 0.1) is 27.6 Å². The second kappa shape index (κ2) is 10.8. The third kappa shape index (κ3) is 4.72. The molecule has 5 N–H and O–H groups in total. The summed E-state index contributed by atoms with van der Waals surface area (Å²) in [5.41, 5.74) is 4.07. The standard InChI is InChI=1S/C30H42N4O8/c1-17(4-9-26(36)37)20-6-7-21-27-22(11-12-28(20,21)2)29(3)13-10-19(35)15-30(29,38)23(27)16-31-32-24-8-5-18(33(39)40)14-25(24)34(41)42/h5,8,14,16-17,19-22,27,31-32,35,38H,4,6-7,9-13,15H2,1-3H3,(H,36,37)/t17-,19+,20-,21?,22?,27?,28-,29-,30-/m1/s1. The average Bonchev–Trinajstić information content (AvgIpc) is 3.37. The highest BCUT2D eigenvalue weighted by molar-refractivity contribution is 5.66. The number of nitro benzene ring substituents is 2. The van der Waals surface area contributed by atoms with Gasteiger partial charge in [0.1, 0.15) is 5.69 Å². The first kappa shape index (κ1) is 30.2. The number of nitrogens with zero attached hydrogens (tertiary/aromatic N) is 2. The van der Waals surface area contributed by atoms with Crippen molar-refractivity contribution in [2.45, 2.75) is 90.3 Å². The number of carboxylic acids is 1. The van der Waals surface area contributed by atoms with E-state index in [9.17, 15) is 40.3 Å². The molecular formula is C30H42N4O8. The number of non-ortho nitro benzene ring substituents is 1. The molecule has 5 rings (SSSR count). The minimum atomic E-state index is -1.27. The largest absolute Gasteiger partial charge is 0.481 e. The zero-order chi connectivity index (χ0) is 30.6. The minimum absolute atomic E-state index is 0.0262. The Morgan fingerprint density at radius 3 is 2.52 bits per heavy atom. The predicted octanol–water partition coefficient (Wildman–Crippen LogP) is 5.16. The number of carboxylic acid groups (broad SMARTS) is 1. The van der Waals surface area contributed by atoms with Crippen molar-refractivity contribution in [3.8, 4) is 0 Å². The van der Waals surface area contributed by atoms with E-state index in [1.165, 1.54) is 12.1 Å². The lowest BCUT2D eigenvalue weighted by Gasteiger charge is -2.52. The second-order valence-corrected chi connectivity index (χ2v) is 13.6. The number of hydrazine groups is 1. The first-order valence-electron chi connectivity index (χ1n) is 15.0. The van der Waals surface area contributed by atoms with Crippen LogP contribution in [0.25, 0.3) is 0 Å². The highest BCUT2D eigenvalue weighted by atomic mass is 16.6. The summed E-state index contributed by atoms with van der Waals surface area (Å²) in [5, 5.41) is 55.2. The Labute approximate surface area is 244 Å². The summed E-state index contributed by atoms with van der Waals surface area (Å²) in [7, 11) is 0. The van der Waals surface area contributed by atoms with Gasteiger partial charge in [-0.2, -0.15) is 0 Å². The van der Waals surface area contributed by atoms with E-state index in [0.29, 0.717) is 25.2 Å². The SMILES string of the molecule is C[C@H](CCC(=O)O)[C@H]1CCC2C3C(=CNNc4ccc([N+](=O)[O-])cc4[N+](=O)[O-])[C@]4(O)C[C@@H](O)CC[C@]4(C)C3CC[C@@]21C. The number of fused-ring (bicyclic) bond motifs is 5. The van der Waals surface area contributed by atoms with Crippen LogP contribution in [-0.2, 0) is 4.79 Å². The van der Waals surface area contributed by atoms with Gasteiger partial charge in [-0.3, -0.25) is 30.4 Å². The van der Waals surface area contributed by atoms with Gasteiger partial charge in [-0.1, -0.05) is 20.8 Å². The van der Waals surface area contributed by atoms with Crippen molar-refractivity contribution in [3.63, 3.8) is 0 Å². The number of benzene rings is 1. The Hall–Kier alpha value is -3.25. The normalized spacial score (nSPS) is 38.7. The van der Waals surface area contributed by atoms with Gasteiger partial charge in [0.25, 0.3) is 5.69 Å². The molecule has 42 heavy (non-hydrogen) atoms. The van der Waals surface area contributed by atoms with E-state index in [2.05, 4.69) is 31.6 Å². The van der Waals surface area contributed by atoms with Crippen LogP contribution in [0.2, 0.25) is 0 Å². The number of hydrogen-bond acceptors (Lipinski definition) is 9. The summed E-state index contributed by atoms with van der Waals surface area (Å²) in [5.74, 6) is 0.333. The fourth-order valence-electron chi connectivity index (χ4n) is 9.68. The van der Waals surface area contributed by atoms with Gasteiger partial charge in [-0.05, 0) is 91.6 Å². The number of hydrogen-bond donors (Lipinski definition) is 5. The van der Waals surface area contributed by atoms with Crippen LogP contribution < -0.4 is 10.9 Å². The van der Waals surface area contributed by atoms with Crippen LogP contribution in [0.4, 0.5) is 17.1 Å².